The maximum absolute atomic E-state index is 9.32. The van der Waals surface area contributed by atoms with Crippen molar-refractivity contribution in [3.8, 4) is 0 Å². The molecule has 2 aliphatic heterocycles. The van der Waals surface area contributed by atoms with Crippen LogP contribution in [0.25, 0.3) is 11.0 Å². The van der Waals surface area contributed by atoms with Crippen LogP contribution in [0.1, 0.15) is 31.4 Å². The number of piperidine rings is 1. The molecule has 2 N–H and O–H groups in total. The van der Waals surface area contributed by atoms with Gasteiger partial charge in [0, 0.05) is 62.4 Å². The van der Waals surface area contributed by atoms with E-state index in [4.69, 9.17) is 33.2 Å². The number of anilines is 2. The predicted molar refractivity (Wildman–Crippen MR) is 145 cm³/mol. The van der Waals surface area contributed by atoms with E-state index < -0.39 is 0 Å². The van der Waals surface area contributed by atoms with Gasteiger partial charge < -0.3 is 15.3 Å². The van der Waals surface area contributed by atoms with E-state index in [-0.39, 0.29) is 12.6 Å². The van der Waals surface area contributed by atoms with Crippen molar-refractivity contribution >= 4 is 46.0 Å². The molecule has 194 valence electrons. The van der Waals surface area contributed by atoms with Gasteiger partial charge in [-0.05, 0) is 44.0 Å². The van der Waals surface area contributed by atoms with Crippen LogP contribution < -0.4 is 10.2 Å². The highest BCUT2D eigenvalue weighted by Gasteiger charge is 2.29. The third-order valence-corrected chi connectivity index (χ3v) is 7.82. The lowest BCUT2D eigenvalue weighted by molar-refractivity contribution is 0.0812. The van der Waals surface area contributed by atoms with Crippen molar-refractivity contribution in [3.05, 3.63) is 40.0 Å². The van der Waals surface area contributed by atoms with Crippen molar-refractivity contribution < 1.29 is 5.11 Å². The number of piperazine rings is 1. The largest absolute Gasteiger partial charge is 0.395 e. The minimum Gasteiger partial charge on any atom is -0.395 e. The summed E-state index contributed by atoms with van der Waals surface area (Å²) in [6, 6.07) is 6.00. The third-order valence-electron chi connectivity index (χ3n) is 7.26. The van der Waals surface area contributed by atoms with Crippen molar-refractivity contribution in [3.63, 3.8) is 0 Å². The second kappa shape index (κ2) is 11.1. The molecule has 11 heteroatoms. The zero-order valence-electron chi connectivity index (χ0n) is 20.9. The van der Waals surface area contributed by atoms with Crippen molar-refractivity contribution in [2.24, 2.45) is 7.05 Å². The number of fused-ring (bicyclic) bond motifs is 1. The zero-order chi connectivity index (χ0) is 25.2. The number of aromatic nitrogens is 4. The van der Waals surface area contributed by atoms with Crippen LogP contribution in [0.2, 0.25) is 10.0 Å². The van der Waals surface area contributed by atoms with E-state index in [1.807, 2.05) is 25.4 Å². The normalized spacial score (nSPS) is 20.7. The first-order valence-corrected chi connectivity index (χ1v) is 13.4. The number of aryl methyl sites for hydroxylation is 1. The van der Waals surface area contributed by atoms with Crippen molar-refractivity contribution in [2.45, 2.75) is 31.8 Å². The van der Waals surface area contributed by atoms with Gasteiger partial charge in [0.25, 0.3) is 0 Å². The molecule has 0 bridgehead atoms. The molecular formula is C25H34Cl2N8O. The van der Waals surface area contributed by atoms with Gasteiger partial charge in [0.15, 0.2) is 11.3 Å². The number of aliphatic hydroxyl groups excluding tert-OH is 1. The predicted octanol–water partition coefficient (Wildman–Crippen LogP) is 3.42. The average Bonchev–Trinajstić information content (AvgIpc) is 3.25. The Balaban J connectivity index is 1.32. The zero-order valence-corrected chi connectivity index (χ0v) is 22.4. The molecule has 3 aromatic rings. The molecule has 4 heterocycles. The van der Waals surface area contributed by atoms with Gasteiger partial charge in [0.1, 0.15) is 5.52 Å². The number of nitrogens with one attached hydrogen (secondary N) is 1. The van der Waals surface area contributed by atoms with Crippen LogP contribution >= 0.6 is 23.2 Å². The maximum Gasteiger partial charge on any atom is 0.228 e. The van der Waals surface area contributed by atoms with Crippen molar-refractivity contribution in [1.82, 2.24) is 29.5 Å². The summed E-state index contributed by atoms with van der Waals surface area (Å²) < 4.78 is 1.77. The second-order valence-electron chi connectivity index (χ2n) is 9.78. The van der Waals surface area contributed by atoms with E-state index in [0.717, 1.165) is 68.4 Å². The van der Waals surface area contributed by atoms with E-state index in [1.165, 1.54) is 12.8 Å². The summed E-state index contributed by atoms with van der Waals surface area (Å²) in [5, 5.41) is 18.7. The molecular weight excluding hydrogens is 499 g/mol. The summed E-state index contributed by atoms with van der Waals surface area (Å²) >= 11 is 12.6. The molecule has 0 saturated carbocycles. The topological polar surface area (TPSA) is 85.6 Å². The summed E-state index contributed by atoms with van der Waals surface area (Å²) in [7, 11) is 1.90. The monoisotopic (exact) mass is 532 g/mol. The van der Waals surface area contributed by atoms with Gasteiger partial charge in [-0.15, -0.1) is 0 Å². The van der Waals surface area contributed by atoms with Gasteiger partial charge in [-0.1, -0.05) is 29.3 Å². The number of likely N-dealkylation sites (tertiary alicyclic amines) is 1. The molecule has 1 unspecified atom stereocenters. The highest BCUT2D eigenvalue weighted by Crippen LogP contribution is 2.31. The van der Waals surface area contributed by atoms with Crippen LogP contribution in [0, 0.1) is 0 Å². The van der Waals surface area contributed by atoms with E-state index in [1.54, 1.807) is 10.7 Å². The summed E-state index contributed by atoms with van der Waals surface area (Å²) in [4.78, 5) is 17.0. The standard InChI is InChI=1S/C25H34Cl2N8O/c1-17(20-6-5-18(26)14-21(20)27)28-24-23-22(16-32(2)31-23)29-25(30-24)35-10-8-34(9-11-35)19-4-3-7-33(15-19)12-13-36/h5-6,14,16-17,19,36H,3-4,7-13,15H2,1-2H3,(H,28,29,30)/t17-,19?/m1/s1. The lowest BCUT2D eigenvalue weighted by Crippen LogP contribution is -2.55. The number of nitrogens with zero attached hydrogens (tertiary/aromatic N) is 7. The average molecular weight is 534 g/mol. The third kappa shape index (κ3) is 5.55. The fraction of sp³-hybridized carbons (Fsp3) is 0.560. The quantitative estimate of drug-likeness (QED) is 0.478. The van der Waals surface area contributed by atoms with Gasteiger partial charge in [0.2, 0.25) is 5.95 Å². The molecule has 2 aromatic heterocycles. The van der Waals surface area contributed by atoms with Crippen molar-refractivity contribution in [1.29, 1.82) is 0 Å². The maximum atomic E-state index is 9.32. The molecule has 0 spiro atoms. The molecule has 2 atom stereocenters. The Bertz CT molecular complexity index is 1190. The smallest absolute Gasteiger partial charge is 0.228 e. The Morgan fingerprint density at radius 3 is 2.69 bits per heavy atom. The lowest BCUT2D eigenvalue weighted by Gasteiger charge is -2.43. The number of β-amino-alcohol motifs (C(OH)–C–C–N with tert-alkyl or cyclic N) is 1. The molecule has 9 nitrogen and oxygen atoms in total. The lowest BCUT2D eigenvalue weighted by atomic mass is 10.0. The number of rotatable bonds is 7. The minimum atomic E-state index is -0.0901. The Hall–Kier alpha value is -2.17. The van der Waals surface area contributed by atoms with Crippen LogP contribution in [0.15, 0.2) is 24.4 Å². The summed E-state index contributed by atoms with van der Waals surface area (Å²) in [5.41, 5.74) is 2.50. The fourth-order valence-electron chi connectivity index (χ4n) is 5.35. The van der Waals surface area contributed by atoms with Gasteiger partial charge in [-0.3, -0.25) is 14.5 Å². The van der Waals surface area contributed by atoms with E-state index in [2.05, 4.69) is 32.0 Å². The molecule has 2 aliphatic rings. The number of hydrogen-bond acceptors (Lipinski definition) is 8. The molecule has 2 saturated heterocycles. The Morgan fingerprint density at radius 1 is 1.14 bits per heavy atom. The first-order chi connectivity index (χ1) is 17.4. The number of hydrogen-bond donors (Lipinski definition) is 2. The molecule has 0 radical (unpaired) electrons. The van der Waals surface area contributed by atoms with Gasteiger partial charge in [0.05, 0.1) is 18.8 Å². The fourth-order valence-corrected chi connectivity index (χ4v) is 5.92. The number of halogens is 2. The molecule has 1 aromatic carbocycles. The van der Waals surface area contributed by atoms with Gasteiger partial charge >= 0.3 is 0 Å². The Labute approximate surface area is 222 Å². The summed E-state index contributed by atoms with van der Waals surface area (Å²) in [6.07, 6.45) is 4.34. The molecule has 0 amide bonds. The van der Waals surface area contributed by atoms with Crippen LogP contribution in [0.4, 0.5) is 11.8 Å². The highest BCUT2D eigenvalue weighted by molar-refractivity contribution is 6.35. The Kier molecular flexibility index (Phi) is 7.83. The first-order valence-electron chi connectivity index (χ1n) is 12.7. The van der Waals surface area contributed by atoms with Gasteiger partial charge in [-0.25, -0.2) is 4.98 Å². The highest BCUT2D eigenvalue weighted by atomic mass is 35.5. The van der Waals surface area contributed by atoms with Crippen molar-refractivity contribution in [2.75, 3.05) is 62.6 Å². The van der Waals surface area contributed by atoms with Crippen LogP contribution in [-0.2, 0) is 7.05 Å². The molecule has 0 aliphatic carbocycles. The molecule has 36 heavy (non-hydrogen) atoms. The number of aliphatic hydroxyl groups is 1. The molecule has 2 fully saturated rings. The Morgan fingerprint density at radius 2 is 1.94 bits per heavy atom. The summed E-state index contributed by atoms with van der Waals surface area (Å²) in [6.45, 7) is 8.88. The van der Waals surface area contributed by atoms with Gasteiger partial charge in [-0.2, -0.15) is 10.1 Å². The van der Waals surface area contributed by atoms with Crippen LogP contribution in [0.3, 0.4) is 0 Å². The van der Waals surface area contributed by atoms with E-state index in [9.17, 15) is 5.11 Å². The van der Waals surface area contributed by atoms with Crippen LogP contribution in [-0.4, -0.2) is 93.1 Å². The minimum absolute atomic E-state index is 0.0901. The number of benzene rings is 1. The first kappa shape index (κ1) is 25.5. The summed E-state index contributed by atoms with van der Waals surface area (Å²) in [5.74, 6) is 1.42. The SMILES string of the molecule is C[C@@H](Nc1nc(N2CCN(C3CCCN(CCO)C3)CC2)nc2cn(C)nc12)c1ccc(Cl)cc1Cl. The van der Waals surface area contributed by atoms with E-state index in [0.29, 0.717) is 21.9 Å². The van der Waals surface area contributed by atoms with Crippen LogP contribution in [0.5, 0.6) is 0 Å². The second-order valence-corrected chi connectivity index (χ2v) is 10.6. The van der Waals surface area contributed by atoms with E-state index >= 15 is 0 Å². The molecule has 5 rings (SSSR count).